The summed E-state index contributed by atoms with van der Waals surface area (Å²) < 4.78 is 0. The van der Waals surface area contributed by atoms with Crippen molar-refractivity contribution in [2.24, 2.45) is 0 Å². The van der Waals surface area contributed by atoms with E-state index in [4.69, 9.17) is 23.2 Å². The van der Waals surface area contributed by atoms with Gasteiger partial charge in [0, 0.05) is 28.4 Å². The lowest BCUT2D eigenvalue weighted by Crippen LogP contribution is -2.47. The first-order valence-electron chi connectivity index (χ1n) is 7.91. The summed E-state index contributed by atoms with van der Waals surface area (Å²) >= 11 is 12.2. The van der Waals surface area contributed by atoms with E-state index in [1.807, 2.05) is 6.92 Å². The van der Waals surface area contributed by atoms with Crippen LogP contribution in [0.1, 0.15) is 41.3 Å². The molecule has 2 unspecified atom stereocenters. The van der Waals surface area contributed by atoms with Crippen molar-refractivity contribution < 1.29 is 15.0 Å². The SMILES string of the molecule is Cc1cc(Cl)cc(Cl)c1CNC(=O)C1(O)CCC(O)c2ncccc21. The summed E-state index contributed by atoms with van der Waals surface area (Å²) in [5.74, 6) is -0.543. The molecule has 132 valence electrons. The minimum Gasteiger partial charge on any atom is -0.387 e. The molecule has 2 aromatic rings. The molecule has 3 rings (SSSR count). The maximum atomic E-state index is 12.7. The van der Waals surface area contributed by atoms with Crippen molar-refractivity contribution in [2.45, 2.75) is 38.0 Å². The van der Waals surface area contributed by atoms with Crippen LogP contribution in [0.2, 0.25) is 10.0 Å². The zero-order valence-electron chi connectivity index (χ0n) is 13.6. The molecule has 3 N–H and O–H groups in total. The van der Waals surface area contributed by atoms with Crippen LogP contribution in [-0.4, -0.2) is 21.1 Å². The van der Waals surface area contributed by atoms with Crippen molar-refractivity contribution in [2.75, 3.05) is 0 Å². The van der Waals surface area contributed by atoms with E-state index in [0.717, 1.165) is 11.1 Å². The molecule has 1 aromatic carbocycles. The molecular formula is C18H18Cl2N2O3. The van der Waals surface area contributed by atoms with Gasteiger partial charge in [-0.25, -0.2) is 0 Å². The van der Waals surface area contributed by atoms with Crippen LogP contribution in [0.25, 0.3) is 0 Å². The number of amides is 1. The van der Waals surface area contributed by atoms with Gasteiger partial charge in [-0.05, 0) is 49.1 Å². The second-order valence-electron chi connectivity index (χ2n) is 6.22. The number of nitrogens with zero attached hydrogens (tertiary/aromatic N) is 1. The highest BCUT2D eigenvalue weighted by Gasteiger charge is 2.44. The molecule has 1 aromatic heterocycles. The fraction of sp³-hybridized carbons (Fsp3) is 0.333. The number of nitrogens with one attached hydrogen (secondary N) is 1. The highest BCUT2D eigenvalue weighted by Crippen LogP contribution is 2.39. The highest BCUT2D eigenvalue weighted by molar-refractivity contribution is 6.35. The van der Waals surface area contributed by atoms with Gasteiger partial charge in [-0.15, -0.1) is 0 Å². The van der Waals surface area contributed by atoms with Gasteiger partial charge in [-0.1, -0.05) is 29.3 Å². The Hall–Kier alpha value is -1.66. The van der Waals surface area contributed by atoms with Gasteiger partial charge in [0.1, 0.15) is 0 Å². The zero-order chi connectivity index (χ0) is 18.2. The van der Waals surface area contributed by atoms with Gasteiger partial charge in [0.25, 0.3) is 5.91 Å². The van der Waals surface area contributed by atoms with Crippen molar-refractivity contribution in [3.8, 4) is 0 Å². The summed E-state index contributed by atoms with van der Waals surface area (Å²) in [6, 6.07) is 6.63. The third-order valence-electron chi connectivity index (χ3n) is 4.56. The first kappa shape index (κ1) is 18.1. The molecule has 0 aliphatic heterocycles. The Labute approximate surface area is 155 Å². The lowest BCUT2D eigenvalue weighted by molar-refractivity contribution is -0.144. The van der Waals surface area contributed by atoms with E-state index in [-0.39, 0.29) is 19.4 Å². The number of aromatic nitrogens is 1. The monoisotopic (exact) mass is 380 g/mol. The standard InChI is InChI=1S/C18H18Cl2N2O3/c1-10-7-11(19)8-14(20)12(10)9-22-17(24)18(25)5-4-15(23)16-13(18)3-2-6-21-16/h2-3,6-8,15,23,25H,4-5,9H2,1H3,(H,22,24). The predicted molar refractivity (Wildman–Crippen MR) is 95.4 cm³/mol. The average molecular weight is 381 g/mol. The predicted octanol–water partition coefficient (Wildman–Crippen LogP) is 3.03. The molecule has 1 aliphatic rings. The molecule has 7 heteroatoms. The fourth-order valence-electron chi connectivity index (χ4n) is 3.16. The summed E-state index contributed by atoms with van der Waals surface area (Å²) in [4.78, 5) is 16.8. The minimum absolute atomic E-state index is 0.117. The molecule has 1 aliphatic carbocycles. The number of aliphatic hydroxyl groups excluding tert-OH is 1. The van der Waals surface area contributed by atoms with Crippen LogP contribution in [0.3, 0.4) is 0 Å². The number of halogens is 2. The largest absolute Gasteiger partial charge is 0.387 e. The molecule has 0 saturated heterocycles. The number of aryl methyl sites for hydroxylation is 1. The summed E-state index contributed by atoms with van der Waals surface area (Å²) in [6.07, 6.45) is 1.13. The second kappa shape index (κ2) is 6.92. The summed E-state index contributed by atoms with van der Waals surface area (Å²) in [7, 11) is 0. The molecule has 0 radical (unpaired) electrons. The van der Waals surface area contributed by atoms with Crippen LogP contribution < -0.4 is 5.32 Å². The van der Waals surface area contributed by atoms with Gasteiger partial charge < -0.3 is 15.5 Å². The fourth-order valence-corrected chi connectivity index (χ4v) is 3.82. The Balaban J connectivity index is 1.84. The average Bonchev–Trinajstić information content (AvgIpc) is 2.57. The van der Waals surface area contributed by atoms with Crippen LogP contribution in [0.5, 0.6) is 0 Å². The Kier molecular flexibility index (Phi) is 5.02. The third kappa shape index (κ3) is 3.37. The second-order valence-corrected chi connectivity index (χ2v) is 7.06. The van der Waals surface area contributed by atoms with E-state index >= 15 is 0 Å². The number of rotatable bonds is 3. The first-order valence-corrected chi connectivity index (χ1v) is 8.67. The number of hydrogen-bond acceptors (Lipinski definition) is 4. The number of pyridine rings is 1. The van der Waals surface area contributed by atoms with Crippen LogP contribution in [0.15, 0.2) is 30.5 Å². The summed E-state index contributed by atoms with van der Waals surface area (Å²) in [5.41, 5.74) is 0.545. The van der Waals surface area contributed by atoms with Gasteiger partial charge in [0.15, 0.2) is 5.60 Å². The quantitative estimate of drug-likeness (QED) is 0.763. The molecule has 0 fully saturated rings. The normalized spacial score (nSPS) is 22.4. The van der Waals surface area contributed by atoms with Crippen LogP contribution in [-0.2, 0) is 16.9 Å². The van der Waals surface area contributed by atoms with Gasteiger partial charge >= 0.3 is 0 Å². The zero-order valence-corrected chi connectivity index (χ0v) is 15.1. The maximum absolute atomic E-state index is 12.7. The molecule has 0 spiro atoms. The van der Waals surface area contributed by atoms with E-state index < -0.39 is 17.6 Å². The first-order chi connectivity index (χ1) is 11.8. The van der Waals surface area contributed by atoms with Gasteiger partial charge in [-0.3, -0.25) is 9.78 Å². The van der Waals surface area contributed by atoms with Crippen molar-refractivity contribution >= 4 is 29.1 Å². The molecule has 5 nitrogen and oxygen atoms in total. The Morgan fingerprint density at radius 1 is 1.44 bits per heavy atom. The number of aliphatic hydroxyl groups is 2. The maximum Gasteiger partial charge on any atom is 0.256 e. The molecule has 0 bridgehead atoms. The number of carbonyl (C=O) groups excluding carboxylic acids is 1. The third-order valence-corrected chi connectivity index (χ3v) is 5.12. The van der Waals surface area contributed by atoms with E-state index in [2.05, 4.69) is 10.3 Å². The van der Waals surface area contributed by atoms with E-state index in [0.29, 0.717) is 21.3 Å². The number of benzene rings is 1. The number of hydrogen-bond donors (Lipinski definition) is 3. The Bertz CT molecular complexity index is 805. The van der Waals surface area contributed by atoms with Gasteiger partial charge in [0.2, 0.25) is 0 Å². The molecule has 2 atom stereocenters. The van der Waals surface area contributed by atoms with Crippen LogP contribution >= 0.6 is 23.2 Å². The van der Waals surface area contributed by atoms with Crippen molar-refractivity contribution in [3.63, 3.8) is 0 Å². The summed E-state index contributed by atoms with van der Waals surface area (Å²) in [5, 5.41) is 24.7. The molecular weight excluding hydrogens is 363 g/mol. The van der Waals surface area contributed by atoms with Crippen molar-refractivity contribution in [1.82, 2.24) is 10.3 Å². The Morgan fingerprint density at radius 2 is 2.20 bits per heavy atom. The van der Waals surface area contributed by atoms with E-state index in [9.17, 15) is 15.0 Å². The van der Waals surface area contributed by atoms with Crippen molar-refractivity contribution in [3.05, 3.63) is 62.9 Å². The summed E-state index contributed by atoms with van der Waals surface area (Å²) in [6.45, 7) is 2.02. The van der Waals surface area contributed by atoms with E-state index in [1.165, 1.54) is 6.20 Å². The van der Waals surface area contributed by atoms with Crippen LogP contribution in [0.4, 0.5) is 0 Å². The minimum atomic E-state index is -1.73. The molecule has 1 amide bonds. The van der Waals surface area contributed by atoms with Gasteiger partial charge in [0.05, 0.1) is 11.8 Å². The smallest absolute Gasteiger partial charge is 0.256 e. The van der Waals surface area contributed by atoms with Crippen molar-refractivity contribution in [1.29, 1.82) is 0 Å². The van der Waals surface area contributed by atoms with E-state index in [1.54, 1.807) is 24.3 Å². The molecule has 1 heterocycles. The lowest BCUT2D eigenvalue weighted by Gasteiger charge is -2.34. The topological polar surface area (TPSA) is 82.5 Å². The van der Waals surface area contributed by atoms with Crippen LogP contribution in [0, 0.1) is 6.92 Å². The Morgan fingerprint density at radius 3 is 2.92 bits per heavy atom. The highest BCUT2D eigenvalue weighted by atomic mass is 35.5. The number of fused-ring (bicyclic) bond motifs is 1. The molecule has 0 saturated carbocycles. The van der Waals surface area contributed by atoms with Gasteiger partial charge in [-0.2, -0.15) is 0 Å². The lowest BCUT2D eigenvalue weighted by atomic mass is 9.79. The number of carbonyl (C=O) groups is 1. The molecule has 25 heavy (non-hydrogen) atoms.